The normalized spacial score (nSPS) is 13.6. The van der Waals surface area contributed by atoms with Gasteiger partial charge in [0.25, 0.3) is 5.56 Å². The van der Waals surface area contributed by atoms with Gasteiger partial charge in [-0.2, -0.15) is 0 Å². The summed E-state index contributed by atoms with van der Waals surface area (Å²) in [5, 5.41) is 20.6. The molecular formula is C20H12ClN3O4S. The lowest BCUT2D eigenvalue weighted by Gasteiger charge is -2.12. The minimum atomic E-state index is -1.10. The van der Waals surface area contributed by atoms with Crippen LogP contribution in [0.25, 0.3) is 17.3 Å². The first-order chi connectivity index (χ1) is 13.9. The summed E-state index contributed by atoms with van der Waals surface area (Å²) in [4.78, 5) is 30.5. The molecule has 0 bridgehead atoms. The number of H-pyrrole nitrogens is 1. The zero-order valence-electron chi connectivity index (χ0n) is 14.6. The van der Waals surface area contributed by atoms with Crippen LogP contribution < -0.4 is 5.56 Å². The van der Waals surface area contributed by atoms with Crippen molar-refractivity contribution in [3.63, 3.8) is 0 Å². The number of aromatic carboxylic acids is 1. The number of rotatable bonds is 3. The molecule has 1 aromatic heterocycles. The summed E-state index contributed by atoms with van der Waals surface area (Å²) in [6.07, 6.45) is 2.89. The number of halogens is 1. The van der Waals surface area contributed by atoms with E-state index < -0.39 is 11.5 Å². The van der Waals surface area contributed by atoms with Crippen molar-refractivity contribution in [2.75, 3.05) is 0 Å². The van der Waals surface area contributed by atoms with E-state index in [0.717, 1.165) is 0 Å². The Hall–Kier alpha value is -3.49. The quantitative estimate of drug-likeness (QED) is 0.545. The van der Waals surface area contributed by atoms with Crippen molar-refractivity contribution in [3.05, 3.63) is 79.3 Å². The van der Waals surface area contributed by atoms with Crippen LogP contribution in [0, 0.1) is 4.77 Å². The first-order valence-corrected chi connectivity index (χ1v) is 9.12. The lowest BCUT2D eigenvalue weighted by molar-refractivity contribution is 0.0698. The highest BCUT2D eigenvalue weighted by atomic mass is 35.5. The monoisotopic (exact) mass is 425 g/mol. The van der Waals surface area contributed by atoms with Gasteiger partial charge in [-0.1, -0.05) is 23.7 Å². The number of aliphatic imine (C=N–C) groups is 1. The van der Waals surface area contributed by atoms with E-state index in [9.17, 15) is 19.8 Å². The molecule has 1 aliphatic rings. The molecule has 7 nitrogen and oxygen atoms in total. The van der Waals surface area contributed by atoms with Gasteiger partial charge in [-0.05, 0) is 48.6 Å². The molecule has 0 atom stereocenters. The molecule has 0 unspecified atom stereocenters. The lowest BCUT2D eigenvalue weighted by Crippen LogP contribution is -2.16. The fourth-order valence-corrected chi connectivity index (χ4v) is 3.47. The molecule has 3 aromatic rings. The summed E-state index contributed by atoms with van der Waals surface area (Å²) >= 11 is 11.1. The maximum atomic E-state index is 12.5. The molecule has 29 heavy (non-hydrogen) atoms. The average Bonchev–Trinajstić information content (AvgIpc) is 3.09. The minimum absolute atomic E-state index is 0.0191. The predicted molar refractivity (Wildman–Crippen MR) is 113 cm³/mol. The van der Waals surface area contributed by atoms with E-state index in [1.807, 2.05) is 0 Å². The molecule has 0 saturated heterocycles. The average molecular weight is 426 g/mol. The van der Waals surface area contributed by atoms with Crippen LogP contribution in [0.4, 0.5) is 5.69 Å². The molecule has 0 amide bonds. The predicted octanol–water partition coefficient (Wildman–Crippen LogP) is 4.21. The number of nitrogens with zero attached hydrogens (tertiary/aromatic N) is 2. The fraction of sp³-hybridized carbons (Fsp3) is 0. The van der Waals surface area contributed by atoms with Gasteiger partial charge in [0, 0.05) is 22.4 Å². The number of carboxylic acid groups (broad SMARTS) is 1. The molecule has 4 rings (SSSR count). The molecule has 2 heterocycles. The van der Waals surface area contributed by atoms with Gasteiger partial charge in [0.15, 0.2) is 4.77 Å². The standard InChI is InChI=1S/C20H12ClN3O4S/c21-11-4-6-12(7-5-11)24-18(26)15(17(25)23-20(24)29)8-10-9-22-16-13(10)2-1-3-14(16)19(27)28/h1-9,26H,(H,27,28)(H,23,25,29). The van der Waals surface area contributed by atoms with E-state index in [0.29, 0.717) is 27.5 Å². The van der Waals surface area contributed by atoms with Gasteiger partial charge in [0.2, 0.25) is 5.88 Å². The number of para-hydroxylation sites is 1. The molecule has 0 fully saturated rings. The molecule has 9 heteroatoms. The van der Waals surface area contributed by atoms with E-state index in [4.69, 9.17) is 23.8 Å². The van der Waals surface area contributed by atoms with Crippen LogP contribution in [-0.2, 0) is 0 Å². The second-order valence-electron chi connectivity index (χ2n) is 6.17. The maximum absolute atomic E-state index is 12.5. The van der Waals surface area contributed by atoms with Crippen molar-refractivity contribution >= 4 is 53.3 Å². The van der Waals surface area contributed by atoms with Crippen molar-refractivity contribution in [2.45, 2.75) is 0 Å². The van der Waals surface area contributed by atoms with Gasteiger partial charge in [-0.15, -0.1) is 0 Å². The summed E-state index contributed by atoms with van der Waals surface area (Å²) in [5.74, 6) is -1.46. The zero-order chi connectivity index (χ0) is 20.7. The third-order valence-corrected chi connectivity index (χ3v) is 4.95. The molecule has 0 spiro atoms. The Bertz CT molecular complexity index is 1340. The first kappa shape index (κ1) is 18.9. The van der Waals surface area contributed by atoms with Crippen LogP contribution in [0.1, 0.15) is 21.5 Å². The Morgan fingerprint density at radius 3 is 2.62 bits per heavy atom. The highest BCUT2D eigenvalue weighted by molar-refractivity contribution is 7.71. The number of aromatic hydroxyl groups is 1. The van der Waals surface area contributed by atoms with Gasteiger partial charge >= 0.3 is 5.97 Å². The Morgan fingerprint density at radius 1 is 1.21 bits per heavy atom. The molecule has 2 aromatic carbocycles. The highest BCUT2D eigenvalue weighted by Crippen LogP contribution is 2.36. The SMILES string of the molecule is O=C(O)c1cccc2c1N=CC2=Cc1c(O)n(-c2ccc(Cl)cc2)c(=S)[nH]c1=O. The molecule has 0 saturated carbocycles. The summed E-state index contributed by atoms with van der Waals surface area (Å²) in [6, 6.07) is 11.3. The number of nitrogens with one attached hydrogen (secondary N) is 1. The Balaban J connectivity index is 1.90. The van der Waals surface area contributed by atoms with Crippen LogP contribution >= 0.6 is 23.8 Å². The second-order valence-corrected chi connectivity index (χ2v) is 7.00. The van der Waals surface area contributed by atoms with Gasteiger partial charge in [0.05, 0.1) is 16.9 Å². The molecule has 1 aliphatic heterocycles. The van der Waals surface area contributed by atoms with E-state index in [1.54, 1.807) is 36.4 Å². The van der Waals surface area contributed by atoms with Crippen LogP contribution in [-0.4, -0.2) is 31.9 Å². The molecule has 0 radical (unpaired) electrons. The summed E-state index contributed by atoms with van der Waals surface area (Å²) in [5.41, 5.74) is 1.28. The van der Waals surface area contributed by atoms with Crippen molar-refractivity contribution in [1.82, 2.24) is 9.55 Å². The second kappa shape index (κ2) is 7.16. The number of aromatic amines is 1. The highest BCUT2D eigenvalue weighted by Gasteiger charge is 2.21. The van der Waals surface area contributed by atoms with Crippen molar-refractivity contribution < 1.29 is 15.0 Å². The maximum Gasteiger partial charge on any atom is 0.337 e. The van der Waals surface area contributed by atoms with Gasteiger partial charge < -0.3 is 10.2 Å². The summed E-state index contributed by atoms with van der Waals surface area (Å²) in [6.45, 7) is 0. The number of carbonyl (C=O) groups is 1. The van der Waals surface area contributed by atoms with Gasteiger partial charge in [-0.25, -0.2) is 4.79 Å². The molecule has 3 N–H and O–H groups in total. The summed E-state index contributed by atoms with van der Waals surface area (Å²) in [7, 11) is 0. The first-order valence-electron chi connectivity index (χ1n) is 8.33. The number of carboxylic acids is 1. The topological polar surface area (TPSA) is 108 Å². The lowest BCUT2D eigenvalue weighted by atomic mass is 10.0. The minimum Gasteiger partial charge on any atom is -0.494 e. The van der Waals surface area contributed by atoms with Crippen LogP contribution in [0.5, 0.6) is 5.88 Å². The Kier molecular flexibility index (Phi) is 4.65. The Morgan fingerprint density at radius 2 is 1.93 bits per heavy atom. The largest absolute Gasteiger partial charge is 0.494 e. The third kappa shape index (κ3) is 3.28. The molecular weight excluding hydrogens is 414 g/mol. The van der Waals surface area contributed by atoms with Crippen molar-refractivity contribution in [1.29, 1.82) is 0 Å². The smallest absolute Gasteiger partial charge is 0.337 e. The van der Waals surface area contributed by atoms with Crippen LogP contribution in [0.2, 0.25) is 5.02 Å². The van der Waals surface area contributed by atoms with Gasteiger partial charge in [-0.3, -0.25) is 19.3 Å². The van der Waals surface area contributed by atoms with Crippen molar-refractivity contribution in [3.8, 4) is 11.6 Å². The van der Waals surface area contributed by atoms with Crippen LogP contribution in [0.15, 0.2) is 52.3 Å². The number of aromatic nitrogens is 2. The van der Waals surface area contributed by atoms with E-state index in [1.165, 1.54) is 22.9 Å². The van der Waals surface area contributed by atoms with Gasteiger partial charge in [0.1, 0.15) is 5.56 Å². The van der Waals surface area contributed by atoms with E-state index in [2.05, 4.69) is 9.98 Å². The number of allylic oxidation sites excluding steroid dienone is 1. The third-order valence-electron chi connectivity index (χ3n) is 4.42. The number of fused-ring (bicyclic) bond motifs is 1. The molecule has 144 valence electrons. The Labute approximate surface area is 173 Å². The van der Waals surface area contributed by atoms with E-state index >= 15 is 0 Å². The molecule has 0 aliphatic carbocycles. The summed E-state index contributed by atoms with van der Waals surface area (Å²) < 4.78 is 1.32. The number of hydrogen-bond acceptors (Lipinski definition) is 5. The fourth-order valence-electron chi connectivity index (χ4n) is 3.06. The van der Waals surface area contributed by atoms with Crippen LogP contribution in [0.3, 0.4) is 0 Å². The zero-order valence-corrected chi connectivity index (χ0v) is 16.2. The van der Waals surface area contributed by atoms with Crippen molar-refractivity contribution in [2.24, 2.45) is 4.99 Å². The number of benzene rings is 2. The number of hydrogen-bond donors (Lipinski definition) is 3. The van der Waals surface area contributed by atoms with E-state index in [-0.39, 0.29) is 21.8 Å².